The number of fused-ring (bicyclic) bond motifs is 1. The number of phenolic OH excluding ortho intramolecular Hbond substituents is 1. The summed E-state index contributed by atoms with van der Waals surface area (Å²) in [7, 11) is 1.42. The van der Waals surface area contributed by atoms with Crippen LogP contribution in [0.15, 0.2) is 42.5 Å². The van der Waals surface area contributed by atoms with Gasteiger partial charge < -0.3 is 10.4 Å². The van der Waals surface area contributed by atoms with E-state index < -0.39 is 5.91 Å². The zero-order valence-corrected chi connectivity index (χ0v) is 13.1. The second kappa shape index (κ2) is 6.16. The average molecular weight is 324 g/mol. The summed E-state index contributed by atoms with van der Waals surface area (Å²) >= 11 is 0. The lowest BCUT2D eigenvalue weighted by Crippen LogP contribution is -2.26. The van der Waals surface area contributed by atoms with Crippen LogP contribution in [0.4, 0.5) is 0 Å². The summed E-state index contributed by atoms with van der Waals surface area (Å²) in [4.78, 5) is 37.0. The van der Waals surface area contributed by atoms with Crippen LogP contribution < -0.4 is 5.32 Å². The minimum Gasteiger partial charge on any atom is -0.508 e. The lowest BCUT2D eigenvalue weighted by molar-refractivity contribution is 0.0693. The summed E-state index contributed by atoms with van der Waals surface area (Å²) in [6.07, 6.45) is 0.622. The molecule has 0 fully saturated rings. The standard InChI is InChI=1S/C18H16N2O4/c1-20-17(23)14-7-4-12(10-15(14)18(20)24)16(22)19-9-8-11-2-5-13(21)6-3-11/h2-7,10,21H,8-9H2,1H3,(H,19,22). The Morgan fingerprint density at radius 3 is 2.42 bits per heavy atom. The van der Waals surface area contributed by atoms with Gasteiger partial charge in [0.2, 0.25) is 0 Å². The van der Waals surface area contributed by atoms with Gasteiger partial charge in [0.1, 0.15) is 5.75 Å². The molecule has 0 aromatic heterocycles. The highest BCUT2D eigenvalue weighted by Crippen LogP contribution is 2.22. The van der Waals surface area contributed by atoms with Crippen molar-refractivity contribution in [3.63, 3.8) is 0 Å². The molecule has 0 unspecified atom stereocenters. The number of amides is 3. The van der Waals surface area contributed by atoms with Crippen LogP contribution >= 0.6 is 0 Å². The number of benzene rings is 2. The number of carbonyl (C=O) groups excluding carboxylic acids is 3. The second-order valence-corrected chi connectivity index (χ2v) is 5.60. The maximum atomic E-state index is 12.2. The molecule has 2 N–H and O–H groups in total. The van der Waals surface area contributed by atoms with E-state index >= 15 is 0 Å². The van der Waals surface area contributed by atoms with Gasteiger partial charge >= 0.3 is 0 Å². The molecule has 0 spiro atoms. The molecule has 122 valence electrons. The summed E-state index contributed by atoms with van der Waals surface area (Å²) < 4.78 is 0. The molecule has 2 aromatic carbocycles. The highest BCUT2D eigenvalue weighted by Gasteiger charge is 2.33. The van der Waals surface area contributed by atoms with Gasteiger partial charge in [-0.1, -0.05) is 12.1 Å². The molecule has 0 atom stereocenters. The Balaban J connectivity index is 1.65. The van der Waals surface area contributed by atoms with E-state index in [1.807, 2.05) is 0 Å². The van der Waals surface area contributed by atoms with Gasteiger partial charge in [0.25, 0.3) is 17.7 Å². The first-order chi connectivity index (χ1) is 11.5. The number of phenols is 1. The van der Waals surface area contributed by atoms with Crippen LogP contribution in [0.3, 0.4) is 0 Å². The van der Waals surface area contributed by atoms with Gasteiger partial charge in [-0.05, 0) is 42.3 Å². The quantitative estimate of drug-likeness (QED) is 0.836. The van der Waals surface area contributed by atoms with Gasteiger partial charge in [0, 0.05) is 19.2 Å². The summed E-state index contributed by atoms with van der Waals surface area (Å²) in [5, 5.41) is 12.0. The Kier molecular flexibility index (Phi) is 4.04. The Labute approximate surface area is 138 Å². The van der Waals surface area contributed by atoms with E-state index in [0.29, 0.717) is 24.1 Å². The molecule has 0 saturated carbocycles. The van der Waals surface area contributed by atoms with Crippen molar-refractivity contribution in [3.05, 3.63) is 64.7 Å². The molecule has 6 heteroatoms. The largest absolute Gasteiger partial charge is 0.508 e. The molecule has 0 saturated heterocycles. The first-order valence-electron chi connectivity index (χ1n) is 7.50. The highest BCUT2D eigenvalue weighted by atomic mass is 16.3. The Bertz CT molecular complexity index is 827. The normalized spacial score (nSPS) is 13.1. The molecular weight excluding hydrogens is 308 g/mol. The fourth-order valence-electron chi connectivity index (χ4n) is 2.59. The zero-order valence-electron chi connectivity index (χ0n) is 13.1. The van der Waals surface area contributed by atoms with E-state index in [0.717, 1.165) is 10.5 Å². The monoisotopic (exact) mass is 324 g/mol. The number of nitrogens with one attached hydrogen (secondary N) is 1. The van der Waals surface area contributed by atoms with Gasteiger partial charge in [0.15, 0.2) is 0 Å². The van der Waals surface area contributed by atoms with Crippen LogP contribution in [-0.2, 0) is 6.42 Å². The molecule has 0 radical (unpaired) electrons. The molecule has 0 bridgehead atoms. The first-order valence-corrected chi connectivity index (χ1v) is 7.50. The van der Waals surface area contributed by atoms with E-state index in [2.05, 4.69) is 5.32 Å². The fourth-order valence-corrected chi connectivity index (χ4v) is 2.59. The van der Waals surface area contributed by atoms with Crippen molar-refractivity contribution in [2.75, 3.05) is 13.6 Å². The van der Waals surface area contributed by atoms with Crippen LogP contribution in [0.5, 0.6) is 5.75 Å². The number of imide groups is 1. The second-order valence-electron chi connectivity index (χ2n) is 5.60. The van der Waals surface area contributed by atoms with Crippen molar-refractivity contribution in [3.8, 4) is 5.75 Å². The molecule has 2 aromatic rings. The average Bonchev–Trinajstić information content (AvgIpc) is 2.81. The number of carbonyl (C=O) groups is 3. The molecule has 1 aliphatic heterocycles. The van der Waals surface area contributed by atoms with Crippen molar-refractivity contribution in [1.29, 1.82) is 0 Å². The van der Waals surface area contributed by atoms with Crippen molar-refractivity contribution < 1.29 is 19.5 Å². The molecule has 1 aliphatic rings. The number of aromatic hydroxyl groups is 1. The Hall–Kier alpha value is -3.15. The number of hydrogen-bond acceptors (Lipinski definition) is 4. The van der Waals surface area contributed by atoms with Crippen LogP contribution in [-0.4, -0.2) is 41.3 Å². The third-order valence-electron chi connectivity index (χ3n) is 3.99. The number of hydrogen-bond donors (Lipinski definition) is 2. The number of nitrogens with zero attached hydrogens (tertiary/aromatic N) is 1. The molecular formula is C18H16N2O4. The predicted molar refractivity (Wildman–Crippen MR) is 87.0 cm³/mol. The summed E-state index contributed by atoms with van der Waals surface area (Å²) in [6.45, 7) is 0.424. The van der Waals surface area contributed by atoms with Crippen LogP contribution in [0.1, 0.15) is 36.6 Å². The molecule has 6 nitrogen and oxygen atoms in total. The Morgan fingerprint density at radius 1 is 1.04 bits per heavy atom. The SMILES string of the molecule is CN1C(=O)c2ccc(C(=O)NCCc3ccc(O)cc3)cc2C1=O. The van der Waals surface area contributed by atoms with Crippen molar-refractivity contribution in [2.24, 2.45) is 0 Å². The zero-order chi connectivity index (χ0) is 17.3. The third-order valence-corrected chi connectivity index (χ3v) is 3.99. The minimum atomic E-state index is -0.395. The predicted octanol–water partition coefficient (Wildman–Crippen LogP) is 1.59. The van der Waals surface area contributed by atoms with Crippen LogP contribution in [0.2, 0.25) is 0 Å². The third kappa shape index (κ3) is 2.86. The van der Waals surface area contributed by atoms with E-state index in [9.17, 15) is 19.5 Å². The smallest absolute Gasteiger partial charge is 0.261 e. The van der Waals surface area contributed by atoms with E-state index in [4.69, 9.17) is 0 Å². The van der Waals surface area contributed by atoms with E-state index in [-0.39, 0.29) is 23.1 Å². The fraction of sp³-hybridized carbons (Fsp3) is 0.167. The molecule has 24 heavy (non-hydrogen) atoms. The first kappa shape index (κ1) is 15.7. The van der Waals surface area contributed by atoms with Gasteiger partial charge in [-0.15, -0.1) is 0 Å². The van der Waals surface area contributed by atoms with Gasteiger partial charge in [-0.25, -0.2) is 0 Å². The molecule has 1 heterocycles. The highest BCUT2D eigenvalue weighted by molar-refractivity contribution is 6.21. The van der Waals surface area contributed by atoms with Gasteiger partial charge in [-0.3, -0.25) is 19.3 Å². The summed E-state index contributed by atoms with van der Waals surface area (Å²) in [5.74, 6) is -0.848. The lowest BCUT2D eigenvalue weighted by atomic mass is 10.1. The number of rotatable bonds is 4. The van der Waals surface area contributed by atoms with Gasteiger partial charge in [0.05, 0.1) is 11.1 Å². The lowest BCUT2D eigenvalue weighted by Gasteiger charge is -2.06. The van der Waals surface area contributed by atoms with Crippen LogP contribution in [0.25, 0.3) is 0 Å². The minimum absolute atomic E-state index is 0.199. The Morgan fingerprint density at radius 2 is 1.71 bits per heavy atom. The molecule has 3 rings (SSSR count). The van der Waals surface area contributed by atoms with Crippen LogP contribution in [0, 0.1) is 0 Å². The maximum Gasteiger partial charge on any atom is 0.261 e. The topological polar surface area (TPSA) is 86.7 Å². The van der Waals surface area contributed by atoms with Gasteiger partial charge in [-0.2, -0.15) is 0 Å². The van der Waals surface area contributed by atoms with E-state index in [1.165, 1.54) is 19.2 Å². The molecule has 0 aliphatic carbocycles. The molecule has 3 amide bonds. The van der Waals surface area contributed by atoms with Crippen molar-refractivity contribution in [1.82, 2.24) is 10.2 Å². The summed E-state index contributed by atoms with van der Waals surface area (Å²) in [5.41, 5.74) is 1.91. The maximum absolute atomic E-state index is 12.2. The van der Waals surface area contributed by atoms with E-state index in [1.54, 1.807) is 30.3 Å². The van der Waals surface area contributed by atoms with Crippen molar-refractivity contribution >= 4 is 17.7 Å². The van der Waals surface area contributed by atoms with Crippen molar-refractivity contribution in [2.45, 2.75) is 6.42 Å². The summed E-state index contributed by atoms with van der Waals surface area (Å²) in [6, 6.07) is 11.3.